The van der Waals surface area contributed by atoms with Crippen molar-refractivity contribution >= 4 is 11.9 Å². The molecule has 0 rings (SSSR count). The summed E-state index contributed by atoms with van der Waals surface area (Å²) in [7, 11) is 0. The number of carboxylic acid groups (broad SMARTS) is 2. The smallest absolute Gasteiger partial charge is 0.321 e. The van der Waals surface area contributed by atoms with E-state index in [1.807, 2.05) is 0 Å². The maximum atomic E-state index is 11.1. The van der Waals surface area contributed by atoms with Gasteiger partial charge in [0.1, 0.15) is 0 Å². The Labute approximate surface area is 83.9 Å². The van der Waals surface area contributed by atoms with Crippen LogP contribution in [0.2, 0.25) is 0 Å². The highest BCUT2D eigenvalue weighted by atomic mass is 16.4. The van der Waals surface area contributed by atoms with Gasteiger partial charge in [0.2, 0.25) is 0 Å². The highest BCUT2D eigenvalue weighted by molar-refractivity contribution is 5.99. The highest BCUT2D eigenvalue weighted by Gasteiger charge is 2.54. The highest BCUT2D eigenvalue weighted by Crippen LogP contribution is 2.43. The monoisotopic (exact) mass is 202 g/mol. The molecule has 4 nitrogen and oxygen atoms in total. The van der Waals surface area contributed by atoms with Crippen LogP contribution in [-0.4, -0.2) is 22.2 Å². The normalized spacial score (nSPS) is 12.6. The number of aliphatic carboxylic acids is 2. The third kappa shape index (κ3) is 1.89. The van der Waals surface area contributed by atoms with Gasteiger partial charge in [0.25, 0.3) is 0 Å². The number of hydrogen-bond donors (Lipinski definition) is 2. The molecule has 0 heterocycles. The number of carboxylic acids is 2. The van der Waals surface area contributed by atoms with E-state index in [1.54, 1.807) is 27.7 Å². The van der Waals surface area contributed by atoms with Crippen LogP contribution in [0.25, 0.3) is 0 Å². The van der Waals surface area contributed by atoms with Crippen LogP contribution in [-0.2, 0) is 9.59 Å². The zero-order valence-corrected chi connectivity index (χ0v) is 9.13. The van der Waals surface area contributed by atoms with E-state index >= 15 is 0 Å². The number of hydrogen-bond acceptors (Lipinski definition) is 2. The van der Waals surface area contributed by atoms with E-state index in [2.05, 4.69) is 0 Å². The van der Waals surface area contributed by atoms with E-state index < -0.39 is 22.8 Å². The zero-order valence-electron chi connectivity index (χ0n) is 9.13. The Kier molecular flexibility index (Phi) is 3.68. The molecule has 0 fully saturated rings. The quantitative estimate of drug-likeness (QED) is 0.683. The van der Waals surface area contributed by atoms with Gasteiger partial charge >= 0.3 is 11.9 Å². The maximum absolute atomic E-state index is 11.1. The fraction of sp³-hybridized carbons (Fsp3) is 0.800. The molecule has 0 spiro atoms. The van der Waals surface area contributed by atoms with E-state index in [0.717, 1.165) is 0 Å². The summed E-state index contributed by atoms with van der Waals surface area (Å²) in [6.45, 7) is 6.72. The van der Waals surface area contributed by atoms with Crippen molar-refractivity contribution in [3.05, 3.63) is 0 Å². The lowest BCUT2D eigenvalue weighted by Crippen LogP contribution is -2.49. The van der Waals surface area contributed by atoms with Crippen molar-refractivity contribution in [3.8, 4) is 0 Å². The maximum Gasteiger partial charge on any atom is 0.321 e. The molecular formula is C10H18O4. The summed E-state index contributed by atoms with van der Waals surface area (Å²) in [5.74, 6) is -2.50. The van der Waals surface area contributed by atoms with Crippen LogP contribution in [0.15, 0.2) is 0 Å². The van der Waals surface area contributed by atoms with Crippen LogP contribution in [0.5, 0.6) is 0 Å². The topological polar surface area (TPSA) is 74.6 Å². The lowest BCUT2D eigenvalue weighted by atomic mass is 9.64. The van der Waals surface area contributed by atoms with E-state index in [4.69, 9.17) is 10.2 Å². The first-order valence-electron chi connectivity index (χ1n) is 4.67. The molecular weight excluding hydrogens is 184 g/mol. The third-order valence-corrected chi connectivity index (χ3v) is 2.64. The Morgan fingerprint density at radius 2 is 1.43 bits per heavy atom. The van der Waals surface area contributed by atoms with Crippen LogP contribution in [0.1, 0.15) is 40.5 Å². The van der Waals surface area contributed by atoms with Gasteiger partial charge in [0, 0.05) is 0 Å². The molecule has 82 valence electrons. The van der Waals surface area contributed by atoms with Gasteiger partial charge in [0.15, 0.2) is 5.41 Å². The van der Waals surface area contributed by atoms with Crippen molar-refractivity contribution in [1.29, 1.82) is 0 Å². The summed E-state index contributed by atoms with van der Waals surface area (Å²) >= 11 is 0. The number of rotatable bonds is 4. The molecule has 0 saturated carbocycles. The lowest BCUT2D eigenvalue weighted by Gasteiger charge is -2.37. The average Bonchev–Trinajstić information content (AvgIpc) is 1.95. The molecule has 2 N–H and O–H groups in total. The largest absolute Gasteiger partial charge is 0.480 e. The Morgan fingerprint density at radius 3 is 1.50 bits per heavy atom. The minimum absolute atomic E-state index is 0.154. The summed E-state index contributed by atoms with van der Waals surface area (Å²) in [6, 6.07) is 0. The van der Waals surface area contributed by atoms with Gasteiger partial charge in [-0.1, -0.05) is 34.1 Å². The molecule has 0 aromatic rings. The molecule has 0 aromatic heterocycles. The van der Waals surface area contributed by atoms with Gasteiger partial charge in [0.05, 0.1) is 0 Å². The predicted molar refractivity (Wildman–Crippen MR) is 52.1 cm³/mol. The second-order valence-corrected chi connectivity index (χ2v) is 4.52. The molecule has 0 radical (unpaired) electrons. The minimum Gasteiger partial charge on any atom is -0.480 e. The van der Waals surface area contributed by atoms with Crippen LogP contribution < -0.4 is 0 Å². The number of carbonyl (C=O) groups is 2. The average molecular weight is 202 g/mol. The lowest BCUT2D eigenvalue weighted by molar-refractivity contribution is -0.174. The summed E-state index contributed by atoms with van der Waals surface area (Å²) < 4.78 is 0. The Hall–Kier alpha value is -1.06. The summed E-state index contributed by atoms with van der Waals surface area (Å²) in [4.78, 5) is 22.2. The summed E-state index contributed by atoms with van der Waals surface area (Å²) in [5.41, 5.74) is -2.47. The first-order valence-corrected chi connectivity index (χ1v) is 4.67. The molecule has 0 aliphatic carbocycles. The Balaban J connectivity index is 5.39. The van der Waals surface area contributed by atoms with Crippen LogP contribution in [0.3, 0.4) is 0 Å². The van der Waals surface area contributed by atoms with E-state index in [-0.39, 0.29) is 6.42 Å². The van der Waals surface area contributed by atoms with Gasteiger partial charge in [-0.2, -0.15) is 0 Å². The van der Waals surface area contributed by atoms with Crippen molar-refractivity contribution in [2.45, 2.75) is 40.5 Å². The molecule has 0 aromatic carbocycles. The van der Waals surface area contributed by atoms with Crippen LogP contribution in [0, 0.1) is 10.8 Å². The van der Waals surface area contributed by atoms with E-state index in [1.165, 1.54) is 0 Å². The van der Waals surface area contributed by atoms with Crippen molar-refractivity contribution in [3.63, 3.8) is 0 Å². The Bertz CT molecular complexity index is 223. The van der Waals surface area contributed by atoms with Crippen LogP contribution >= 0.6 is 0 Å². The van der Waals surface area contributed by atoms with Gasteiger partial charge < -0.3 is 10.2 Å². The van der Waals surface area contributed by atoms with E-state index in [9.17, 15) is 9.59 Å². The molecule has 0 amide bonds. The molecule has 0 aliphatic heterocycles. The third-order valence-electron chi connectivity index (χ3n) is 2.64. The molecule has 0 saturated heterocycles. The Morgan fingerprint density at radius 1 is 1.07 bits per heavy atom. The predicted octanol–water partition coefficient (Wildman–Crippen LogP) is 1.99. The second-order valence-electron chi connectivity index (χ2n) is 4.52. The fourth-order valence-electron chi connectivity index (χ4n) is 1.70. The molecule has 0 atom stereocenters. The SMILES string of the molecule is CCCC(C(=O)O)(C(=O)O)C(C)(C)C. The van der Waals surface area contributed by atoms with Crippen molar-refractivity contribution < 1.29 is 19.8 Å². The summed E-state index contributed by atoms with van der Waals surface area (Å²) in [6.07, 6.45) is 0.692. The second kappa shape index (κ2) is 3.98. The van der Waals surface area contributed by atoms with Gasteiger partial charge in [-0.3, -0.25) is 9.59 Å². The van der Waals surface area contributed by atoms with Crippen molar-refractivity contribution in [2.24, 2.45) is 10.8 Å². The summed E-state index contributed by atoms with van der Waals surface area (Å²) in [5, 5.41) is 18.2. The van der Waals surface area contributed by atoms with Crippen LogP contribution in [0.4, 0.5) is 0 Å². The van der Waals surface area contributed by atoms with Gasteiger partial charge in [-0.15, -0.1) is 0 Å². The van der Waals surface area contributed by atoms with Gasteiger partial charge in [-0.25, -0.2) is 0 Å². The molecule has 0 unspecified atom stereocenters. The standard InChI is InChI=1S/C10H18O4/c1-5-6-10(7(11)12,8(13)14)9(2,3)4/h5-6H2,1-4H3,(H,11,12)(H,13,14). The first-order chi connectivity index (χ1) is 6.20. The van der Waals surface area contributed by atoms with Crippen molar-refractivity contribution in [2.75, 3.05) is 0 Å². The minimum atomic E-state index is -1.68. The van der Waals surface area contributed by atoms with Gasteiger partial charge in [-0.05, 0) is 11.8 Å². The fourth-order valence-corrected chi connectivity index (χ4v) is 1.70. The first kappa shape index (κ1) is 12.9. The molecule has 4 heteroatoms. The molecule has 0 aliphatic rings. The van der Waals surface area contributed by atoms with E-state index in [0.29, 0.717) is 6.42 Å². The molecule has 14 heavy (non-hydrogen) atoms. The molecule has 0 bridgehead atoms. The van der Waals surface area contributed by atoms with Crippen molar-refractivity contribution in [1.82, 2.24) is 0 Å². The zero-order chi connectivity index (χ0) is 11.6.